The van der Waals surface area contributed by atoms with Gasteiger partial charge >= 0.3 is 39.5 Å². The van der Waals surface area contributed by atoms with Crippen LogP contribution in [0.25, 0.3) is 0 Å². The van der Waals surface area contributed by atoms with Crippen LogP contribution in [0.3, 0.4) is 0 Å². The van der Waals surface area contributed by atoms with Gasteiger partial charge in [-0.05, 0) is 49.4 Å². The van der Waals surface area contributed by atoms with E-state index in [2.05, 4.69) is 55.4 Å². The van der Waals surface area contributed by atoms with Gasteiger partial charge in [-0.1, -0.05) is 287 Å². The van der Waals surface area contributed by atoms with Crippen molar-refractivity contribution in [2.45, 2.75) is 356 Å². The van der Waals surface area contributed by atoms with Crippen molar-refractivity contribution >= 4 is 39.5 Å². The van der Waals surface area contributed by atoms with Gasteiger partial charge in [0.15, 0.2) is 12.2 Å². The summed E-state index contributed by atoms with van der Waals surface area (Å²) in [4.78, 5) is 72.4. The minimum Gasteiger partial charge on any atom is -0.462 e. The molecule has 0 aromatic carbocycles. The van der Waals surface area contributed by atoms with E-state index >= 15 is 0 Å². The summed E-state index contributed by atoms with van der Waals surface area (Å²) in [5.41, 5.74) is 0. The topological polar surface area (TPSA) is 237 Å². The Labute approximate surface area is 537 Å². The van der Waals surface area contributed by atoms with Crippen LogP contribution < -0.4 is 0 Å². The fourth-order valence-corrected chi connectivity index (χ4v) is 11.8. The highest BCUT2D eigenvalue weighted by atomic mass is 31.2. The second-order valence-electron chi connectivity index (χ2n) is 26.4. The van der Waals surface area contributed by atoms with Crippen LogP contribution in [0.1, 0.15) is 338 Å². The summed E-state index contributed by atoms with van der Waals surface area (Å²) < 4.78 is 68.2. The molecule has 88 heavy (non-hydrogen) atoms. The maximum atomic E-state index is 13.0. The highest BCUT2D eigenvalue weighted by Gasteiger charge is 2.30. The third kappa shape index (κ3) is 60.3. The normalized spacial score (nSPS) is 14.9. The number of aliphatic hydroxyl groups excluding tert-OH is 1. The Kier molecular flexibility index (Phi) is 57.6. The highest BCUT2D eigenvalue weighted by Crippen LogP contribution is 2.45. The Hall–Kier alpha value is -1.94. The van der Waals surface area contributed by atoms with Gasteiger partial charge in [0.05, 0.1) is 26.4 Å². The van der Waals surface area contributed by atoms with Crippen LogP contribution in [0, 0.1) is 23.7 Å². The minimum atomic E-state index is -4.95. The Balaban J connectivity index is 5.19. The predicted octanol–water partition coefficient (Wildman–Crippen LogP) is 19.3. The van der Waals surface area contributed by atoms with E-state index in [-0.39, 0.29) is 25.7 Å². The summed E-state index contributed by atoms with van der Waals surface area (Å²) in [6.45, 7) is 14.0. The molecule has 0 saturated carbocycles. The van der Waals surface area contributed by atoms with Crippen LogP contribution in [-0.4, -0.2) is 96.7 Å². The molecule has 0 bridgehead atoms. The van der Waals surface area contributed by atoms with Crippen molar-refractivity contribution in [2.75, 3.05) is 39.6 Å². The number of hydrogen-bond acceptors (Lipinski definition) is 15. The Morgan fingerprint density at radius 2 is 0.545 bits per heavy atom. The van der Waals surface area contributed by atoms with Crippen LogP contribution in [0.5, 0.6) is 0 Å². The monoisotopic (exact) mass is 1300 g/mol. The lowest BCUT2D eigenvalue weighted by molar-refractivity contribution is -0.161. The molecule has 0 saturated heterocycles. The Morgan fingerprint density at radius 1 is 0.318 bits per heavy atom. The molecule has 3 N–H and O–H groups in total. The van der Waals surface area contributed by atoms with Crippen LogP contribution in [0.2, 0.25) is 0 Å². The summed E-state index contributed by atoms with van der Waals surface area (Å²) in [5, 5.41) is 10.6. The molecule has 4 unspecified atom stereocenters. The average molecular weight is 1300 g/mol. The van der Waals surface area contributed by atoms with Crippen LogP contribution in [-0.2, 0) is 65.4 Å². The zero-order chi connectivity index (χ0) is 65.4. The number of phosphoric ester groups is 2. The SMILES string of the molecule is CCC(C)CCCCCCCCC(=O)OC[C@H](COP(=O)(O)OC[C@H](O)COP(=O)(O)OC[C@@H](COC(=O)CCCCCCCCCCCCCCCCCC(C)C)OC(=O)CCCCCCCCCC(C)C)OC(=O)CCCCCCCCC(C)CC. The fraction of sp³-hybridized carbons (Fsp3) is 0.942. The zero-order valence-electron chi connectivity index (χ0n) is 57.3. The van der Waals surface area contributed by atoms with Gasteiger partial charge in [0, 0.05) is 25.7 Å². The van der Waals surface area contributed by atoms with Crippen LogP contribution in [0.4, 0.5) is 0 Å². The smallest absolute Gasteiger partial charge is 0.462 e. The summed E-state index contributed by atoms with van der Waals surface area (Å²) in [7, 11) is -9.90. The first kappa shape index (κ1) is 86.1. The van der Waals surface area contributed by atoms with Gasteiger partial charge in [-0.25, -0.2) is 9.13 Å². The van der Waals surface area contributed by atoms with E-state index in [1.54, 1.807) is 0 Å². The van der Waals surface area contributed by atoms with Crippen LogP contribution >= 0.6 is 15.6 Å². The lowest BCUT2D eigenvalue weighted by atomic mass is 10.00. The first-order valence-electron chi connectivity index (χ1n) is 35.8. The number of unbranched alkanes of at least 4 members (excludes halogenated alkanes) is 30. The maximum absolute atomic E-state index is 13.0. The van der Waals surface area contributed by atoms with Crippen molar-refractivity contribution in [3.8, 4) is 0 Å². The van der Waals surface area contributed by atoms with E-state index in [4.69, 9.17) is 37.0 Å². The molecule has 0 aromatic heterocycles. The molecule has 0 amide bonds. The molecular formula is C69H134O17P2. The number of hydrogen-bond donors (Lipinski definition) is 3. The molecule has 0 aromatic rings. The van der Waals surface area contributed by atoms with Gasteiger partial charge in [-0.2, -0.15) is 0 Å². The first-order valence-corrected chi connectivity index (χ1v) is 38.8. The van der Waals surface area contributed by atoms with Crippen molar-refractivity contribution in [2.24, 2.45) is 23.7 Å². The quantitative estimate of drug-likeness (QED) is 0.0222. The lowest BCUT2D eigenvalue weighted by Crippen LogP contribution is -2.30. The molecule has 7 atom stereocenters. The van der Waals surface area contributed by atoms with Crippen LogP contribution in [0.15, 0.2) is 0 Å². The van der Waals surface area contributed by atoms with E-state index < -0.39 is 97.5 Å². The predicted molar refractivity (Wildman–Crippen MR) is 354 cm³/mol. The van der Waals surface area contributed by atoms with Gasteiger partial charge < -0.3 is 33.8 Å². The molecule has 0 spiro atoms. The standard InChI is InChI=1S/C69H134O17P2/c1-9-61(7)47-39-31-25-27-34-42-50-67(72)80-56-65(86-69(74)52-44-36-28-26-32-40-48-62(8)10-2)58-84-88(77,78)82-54-63(70)53-81-87(75,76)83-57-64(85-68(73)51-43-35-24-20-22-30-38-46-60(5)6)55-79-66(71)49-41-33-23-19-17-15-13-11-12-14-16-18-21-29-37-45-59(3)4/h59-65,70H,9-58H2,1-8H3,(H,75,76)(H,77,78)/t61?,62?,63-,64-,65-/m1/s1. The second-order valence-corrected chi connectivity index (χ2v) is 29.3. The van der Waals surface area contributed by atoms with Crippen molar-refractivity contribution in [1.29, 1.82) is 0 Å². The van der Waals surface area contributed by atoms with Gasteiger partial charge in [-0.3, -0.25) is 37.3 Å². The number of esters is 4. The van der Waals surface area contributed by atoms with Crippen molar-refractivity contribution in [1.82, 2.24) is 0 Å². The second kappa shape index (κ2) is 58.8. The summed E-state index contributed by atoms with van der Waals surface area (Å²) in [6.07, 6.45) is 40.6. The lowest BCUT2D eigenvalue weighted by Gasteiger charge is -2.21. The van der Waals surface area contributed by atoms with E-state index in [1.807, 2.05) is 0 Å². The minimum absolute atomic E-state index is 0.101. The highest BCUT2D eigenvalue weighted by molar-refractivity contribution is 7.47. The third-order valence-electron chi connectivity index (χ3n) is 16.5. The van der Waals surface area contributed by atoms with E-state index in [9.17, 15) is 43.2 Å². The molecule has 0 rings (SSSR count). The van der Waals surface area contributed by atoms with Gasteiger partial charge in [0.1, 0.15) is 19.3 Å². The van der Waals surface area contributed by atoms with Gasteiger partial charge in [-0.15, -0.1) is 0 Å². The molecule has 19 heteroatoms. The molecule has 0 radical (unpaired) electrons. The Bertz CT molecular complexity index is 1750. The number of rotatable bonds is 66. The summed E-state index contributed by atoms with van der Waals surface area (Å²) >= 11 is 0. The largest absolute Gasteiger partial charge is 0.472 e. The molecule has 522 valence electrons. The number of carbonyl (C=O) groups excluding carboxylic acids is 4. The average Bonchev–Trinajstić information content (AvgIpc) is 3.69. The zero-order valence-corrected chi connectivity index (χ0v) is 59.1. The number of phosphoric acid groups is 2. The molecule has 0 aliphatic carbocycles. The molecule has 0 heterocycles. The first-order chi connectivity index (χ1) is 42.2. The van der Waals surface area contributed by atoms with E-state index in [0.717, 1.165) is 114 Å². The van der Waals surface area contributed by atoms with Crippen molar-refractivity contribution < 1.29 is 80.2 Å². The van der Waals surface area contributed by atoms with E-state index in [1.165, 1.54) is 135 Å². The molecule has 0 aliphatic heterocycles. The molecular weight excluding hydrogens is 1160 g/mol. The summed E-state index contributed by atoms with van der Waals surface area (Å²) in [5.74, 6) is 0.816. The number of aliphatic hydroxyl groups is 1. The Morgan fingerprint density at radius 3 is 0.807 bits per heavy atom. The molecule has 17 nitrogen and oxygen atoms in total. The van der Waals surface area contributed by atoms with Gasteiger partial charge in [0.25, 0.3) is 0 Å². The fourth-order valence-electron chi connectivity index (χ4n) is 10.2. The summed E-state index contributed by atoms with van der Waals surface area (Å²) in [6, 6.07) is 0. The van der Waals surface area contributed by atoms with Gasteiger partial charge in [0.2, 0.25) is 0 Å². The molecule has 0 aliphatic rings. The van der Waals surface area contributed by atoms with Crippen molar-refractivity contribution in [3.63, 3.8) is 0 Å². The molecule has 0 fully saturated rings. The third-order valence-corrected chi connectivity index (χ3v) is 18.4. The number of carbonyl (C=O) groups is 4. The maximum Gasteiger partial charge on any atom is 0.472 e. The van der Waals surface area contributed by atoms with E-state index in [0.29, 0.717) is 31.6 Å². The van der Waals surface area contributed by atoms with Crippen molar-refractivity contribution in [3.05, 3.63) is 0 Å². The number of ether oxygens (including phenoxy) is 4.